The van der Waals surface area contributed by atoms with Crippen LogP contribution < -0.4 is 15.5 Å². The number of nitrogens with zero attached hydrogens (tertiary/aromatic N) is 2. The van der Waals surface area contributed by atoms with Crippen molar-refractivity contribution in [1.82, 2.24) is 10.2 Å². The Labute approximate surface area is 168 Å². The van der Waals surface area contributed by atoms with Crippen molar-refractivity contribution in [3.63, 3.8) is 0 Å². The van der Waals surface area contributed by atoms with Crippen molar-refractivity contribution in [3.8, 4) is 0 Å². The number of hydrogen-bond acceptors (Lipinski definition) is 3. The van der Waals surface area contributed by atoms with Gasteiger partial charge in [-0.05, 0) is 69.1 Å². The van der Waals surface area contributed by atoms with Crippen molar-refractivity contribution in [3.05, 3.63) is 54.6 Å². The molecular formula is C23H32N4O. The minimum absolute atomic E-state index is 0.134. The molecule has 0 bridgehead atoms. The van der Waals surface area contributed by atoms with Gasteiger partial charge in [-0.3, -0.25) is 0 Å². The monoisotopic (exact) mass is 380 g/mol. The highest BCUT2D eigenvalue weighted by molar-refractivity contribution is 5.94. The largest absolute Gasteiger partial charge is 0.343 e. The second-order valence-corrected chi connectivity index (χ2v) is 7.53. The molecule has 1 fully saturated rings. The lowest BCUT2D eigenvalue weighted by Gasteiger charge is -2.31. The molecule has 0 aromatic heterocycles. The van der Waals surface area contributed by atoms with Gasteiger partial charge in [0.1, 0.15) is 0 Å². The highest BCUT2D eigenvalue weighted by atomic mass is 16.2. The number of amides is 2. The number of carbonyl (C=O) groups is 1. The summed E-state index contributed by atoms with van der Waals surface area (Å²) in [4.78, 5) is 17.1. The zero-order valence-electron chi connectivity index (χ0n) is 17.0. The number of piperidine rings is 1. The molecule has 5 nitrogen and oxygen atoms in total. The molecule has 0 aliphatic carbocycles. The quantitative estimate of drug-likeness (QED) is 0.732. The van der Waals surface area contributed by atoms with E-state index < -0.39 is 0 Å². The normalized spacial score (nSPS) is 15.2. The average Bonchev–Trinajstić information content (AvgIpc) is 2.74. The molecule has 1 saturated heterocycles. The van der Waals surface area contributed by atoms with E-state index >= 15 is 0 Å². The Morgan fingerprint density at radius 1 is 1.07 bits per heavy atom. The standard InChI is InChI=1S/C23H32N4O/c1-3-15-27-16-13-19(14-17-27)18-24-23(28)25-21-11-7-8-12-22(21)26(2)20-9-5-4-6-10-20/h4-12,19H,3,13-18H2,1-2H3,(H2,24,25,28). The topological polar surface area (TPSA) is 47.6 Å². The van der Waals surface area contributed by atoms with E-state index in [4.69, 9.17) is 0 Å². The van der Waals surface area contributed by atoms with Crippen LogP contribution in [-0.2, 0) is 0 Å². The maximum Gasteiger partial charge on any atom is 0.319 e. The Morgan fingerprint density at radius 2 is 1.75 bits per heavy atom. The summed E-state index contributed by atoms with van der Waals surface area (Å²) in [6.45, 7) is 6.44. The van der Waals surface area contributed by atoms with E-state index in [-0.39, 0.29) is 6.03 Å². The molecule has 2 aromatic rings. The first kappa shape index (κ1) is 20.2. The molecule has 0 spiro atoms. The smallest absolute Gasteiger partial charge is 0.319 e. The fourth-order valence-corrected chi connectivity index (χ4v) is 3.80. The third-order valence-electron chi connectivity index (χ3n) is 5.46. The van der Waals surface area contributed by atoms with Gasteiger partial charge in [0, 0.05) is 19.3 Å². The van der Waals surface area contributed by atoms with E-state index in [1.54, 1.807) is 0 Å². The Morgan fingerprint density at radius 3 is 2.46 bits per heavy atom. The van der Waals surface area contributed by atoms with Gasteiger partial charge in [0.25, 0.3) is 0 Å². The van der Waals surface area contributed by atoms with Gasteiger partial charge < -0.3 is 20.4 Å². The molecule has 2 amide bonds. The summed E-state index contributed by atoms with van der Waals surface area (Å²) in [7, 11) is 2.01. The predicted molar refractivity (Wildman–Crippen MR) is 117 cm³/mol. The zero-order valence-corrected chi connectivity index (χ0v) is 17.0. The molecule has 28 heavy (non-hydrogen) atoms. The Hall–Kier alpha value is -2.53. The molecule has 2 N–H and O–H groups in total. The van der Waals surface area contributed by atoms with Crippen LogP contribution in [0.3, 0.4) is 0 Å². The van der Waals surface area contributed by atoms with Crippen molar-refractivity contribution in [2.75, 3.05) is 43.4 Å². The van der Waals surface area contributed by atoms with Gasteiger partial charge in [-0.25, -0.2) is 4.79 Å². The van der Waals surface area contributed by atoms with Gasteiger partial charge >= 0.3 is 6.03 Å². The molecule has 1 aliphatic rings. The van der Waals surface area contributed by atoms with E-state index in [1.807, 2.05) is 49.5 Å². The number of carbonyl (C=O) groups excluding carboxylic acids is 1. The number of likely N-dealkylation sites (tertiary alicyclic amines) is 1. The molecule has 3 rings (SSSR count). The molecule has 0 radical (unpaired) electrons. The number of rotatable bonds is 7. The van der Waals surface area contributed by atoms with Crippen molar-refractivity contribution >= 4 is 23.1 Å². The minimum Gasteiger partial charge on any atom is -0.343 e. The summed E-state index contributed by atoms with van der Waals surface area (Å²) in [5.74, 6) is 0.570. The van der Waals surface area contributed by atoms with Gasteiger partial charge in [0.2, 0.25) is 0 Å². The summed E-state index contributed by atoms with van der Waals surface area (Å²) in [6.07, 6.45) is 3.53. The predicted octanol–water partition coefficient (Wildman–Crippen LogP) is 4.70. The second kappa shape index (κ2) is 10.1. The van der Waals surface area contributed by atoms with E-state index in [0.29, 0.717) is 5.92 Å². The van der Waals surface area contributed by atoms with Crippen LogP contribution >= 0.6 is 0 Å². The zero-order chi connectivity index (χ0) is 19.8. The lowest BCUT2D eigenvalue weighted by molar-refractivity contribution is 0.182. The highest BCUT2D eigenvalue weighted by Gasteiger charge is 2.19. The fourth-order valence-electron chi connectivity index (χ4n) is 3.80. The van der Waals surface area contributed by atoms with Crippen molar-refractivity contribution in [2.24, 2.45) is 5.92 Å². The van der Waals surface area contributed by atoms with Crippen molar-refractivity contribution in [2.45, 2.75) is 26.2 Å². The number of nitrogens with one attached hydrogen (secondary N) is 2. The Bertz CT molecular complexity index is 741. The van der Waals surface area contributed by atoms with E-state index in [9.17, 15) is 4.79 Å². The van der Waals surface area contributed by atoms with Gasteiger partial charge in [0.05, 0.1) is 11.4 Å². The van der Waals surface area contributed by atoms with Gasteiger partial charge in [-0.2, -0.15) is 0 Å². The molecule has 0 unspecified atom stereocenters. The van der Waals surface area contributed by atoms with Crippen LogP contribution in [0.2, 0.25) is 0 Å². The van der Waals surface area contributed by atoms with E-state index in [0.717, 1.165) is 49.5 Å². The Balaban J connectivity index is 1.53. The van der Waals surface area contributed by atoms with Crippen LogP contribution in [0, 0.1) is 5.92 Å². The molecule has 2 aromatic carbocycles. The molecule has 0 atom stereocenters. The Kier molecular flexibility index (Phi) is 7.31. The summed E-state index contributed by atoms with van der Waals surface area (Å²) < 4.78 is 0. The third-order valence-corrected chi connectivity index (χ3v) is 5.46. The number of benzene rings is 2. The fraction of sp³-hybridized carbons (Fsp3) is 0.435. The number of hydrogen-bond donors (Lipinski definition) is 2. The van der Waals surface area contributed by atoms with E-state index in [2.05, 4.69) is 39.5 Å². The number of para-hydroxylation sites is 3. The SMILES string of the molecule is CCCN1CCC(CNC(=O)Nc2ccccc2N(C)c2ccccc2)CC1. The summed E-state index contributed by atoms with van der Waals surface area (Å²) in [6, 6.07) is 17.9. The molecular weight excluding hydrogens is 348 g/mol. The first-order chi connectivity index (χ1) is 13.7. The first-order valence-electron chi connectivity index (χ1n) is 10.3. The number of anilines is 3. The summed E-state index contributed by atoms with van der Waals surface area (Å²) in [5.41, 5.74) is 2.86. The van der Waals surface area contributed by atoms with Crippen LogP contribution in [-0.4, -0.2) is 44.2 Å². The van der Waals surface area contributed by atoms with Gasteiger partial charge in [0.15, 0.2) is 0 Å². The maximum atomic E-state index is 12.5. The van der Waals surface area contributed by atoms with Crippen molar-refractivity contribution in [1.29, 1.82) is 0 Å². The van der Waals surface area contributed by atoms with Crippen molar-refractivity contribution < 1.29 is 4.79 Å². The minimum atomic E-state index is -0.134. The highest BCUT2D eigenvalue weighted by Crippen LogP contribution is 2.30. The van der Waals surface area contributed by atoms with Gasteiger partial charge in [-0.1, -0.05) is 37.3 Å². The van der Waals surface area contributed by atoms with Crippen LogP contribution in [0.5, 0.6) is 0 Å². The van der Waals surface area contributed by atoms with Crippen LogP contribution in [0.15, 0.2) is 54.6 Å². The van der Waals surface area contributed by atoms with Crippen LogP contribution in [0.1, 0.15) is 26.2 Å². The molecule has 0 saturated carbocycles. The summed E-state index contributed by atoms with van der Waals surface area (Å²) >= 11 is 0. The molecule has 150 valence electrons. The first-order valence-corrected chi connectivity index (χ1v) is 10.3. The lowest BCUT2D eigenvalue weighted by atomic mass is 9.97. The van der Waals surface area contributed by atoms with Gasteiger partial charge in [-0.15, -0.1) is 0 Å². The molecule has 1 aliphatic heterocycles. The number of urea groups is 1. The third kappa shape index (κ3) is 5.49. The lowest BCUT2D eigenvalue weighted by Crippen LogP contribution is -2.40. The molecule has 1 heterocycles. The molecule has 5 heteroatoms. The second-order valence-electron chi connectivity index (χ2n) is 7.53. The van der Waals surface area contributed by atoms with Crippen LogP contribution in [0.4, 0.5) is 21.9 Å². The van der Waals surface area contributed by atoms with Crippen LogP contribution in [0.25, 0.3) is 0 Å². The summed E-state index contributed by atoms with van der Waals surface area (Å²) in [5, 5.41) is 6.09. The maximum absolute atomic E-state index is 12.5. The average molecular weight is 381 g/mol. The van der Waals surface area contributed by atoms with E-state index in [1.165, 1.54) is 13.0 Å².